The average molecular weight is 268 g/mol. The molecule has 0 aromatic rings. The van der Waals surface area contributed by atoms with Crippen LogP contribution in [0.5, 0.6) is 0 Å². The molecule has 1 amide bonds. The van der Waals surface area contributed by atoms with Gasteiger partial charge in [-0.2, -0.15) is 0 Å². The Labute approximate surface area is 116 Å². The lowest BCUT2D eigenvalue weighted by molar-refractivity contribution is -0.126. The Hall–Kier alpha value is -0.610. The standard InChI is InChI=1S/C15H28N2O2/c1-12(7-8-13-5-3-2-4-6-13)17-15(18)14-11-19-10-9-16-14/h12-14,16H,2-11H2,1H3,(H,17,18). The van der Waals surface area contributed by atoms with Gasteiger partial charge in [-0.15, -0.1) is 0 Å². The minimum atomic E-state index is -0.161. The molecular formula is C15H28N2O2. The number of ether oxygens (including phenoxy) is 1. The topological polar surface area (TPSA) is 50.4 Å². The summed E-state index contributed by atoms with van der Waals surface area (Å²) in [5.74, 6) is 0.986. The Morgan fingerprint density at radius 2 is 2.16 bits per heavy atom. The summed E-state index contributed by atoms with van der Waals surface area (Å²) in [6, 6.07) is 0.115. The van der Waals surface area contributed by atoms with Crippen LogP contribution in [0.4, 0.5) is 0 Å². The smallest absolute Gasteiger partial charge is 0.239 e. The summed E-state index contributed by atoms with van der Waals surface area (Å²) in [7, 11) is 0. The van der Waals surface area contributed by atoms with Crippen molar-refractivity contribution in [2.75, 3.05) is 19.8 Å². The second-order valence-electron chi connectivity index (χ2n) is 6.07. The van der Waals surface area contributed by atoms with E-state index in [1.165, 1.54) is 38.5 Å². The van der Waals surface area contributed by atoms with Crippen LogP contribution in [0.2, 0.25) is 0 Å². The van der Waals surface area contributed by atoms with E-state index in [-0.39, 0.29) is 18.0 Å². The van der Waals surface area contributed by atoms with Crippen LogP contribution in [0.3, 0.4) is 0 Å². The van der Waals surface area contributed by atoms with Crippen LogP contribution < -0.4 is 10.6 Å². The summed E-state index contributed by atoms with van der Waals surface area (Å²) in [4.78, 5) is 12.0. The van der Waals surface area contributed by atoms with Crippen molar-refractivity contribution in [2.45, 2.75) is 64.0 Å². The molecular weight excluding hydrogens is 240 g/mol. The zero-order valence-corrected chi connectivity index (χ0v) is 12.1. The highest BCUT2D eigenvalue weighted by Crippen LogP contribution is 2.27. The van der Waals surface area contributed by atoms with Gasteiger partial charge in [-0.1, -0.05) is 32.1 Å². The van der Waals surface area contributed by atoms with E-state index in [1.54, 1.807) is 0 Å². The van der Waals surface area contributed by atoms with Gasteiger partial charge in [-0.3, -0.25) is 4.79 Å². The Balaban J connectivity index is 1.62. The first-order valence-electron chi connectivity index (χ1n) is 7.87. The molecule has 0 aromatic carbocycles. The Morgan fingerprint density at radius 3 is 2.84 bits per heavy atom. The maximum atomic E-state index is 12.0. The molecule has 1 saturated carbocycles. The van der Waals surface area contributed by atoms with E-state index in [9.17, 15) is 4.79 Å². The summed E-state index contributed by atoms with van der Waals surface area (Å²) >= 11 is 0. The molecule has 1 saturated heterocycles. The third-order valence-electron chi connectivity index (χ3n) is 4.36. The van der Waals surface area contributed by atoms with Crippen molar-refractivity contribution in [3.63, 3.8) is 0 Å². The number of carbonyl (C=O) groups is 1. The molecule has 0 spiro atoms. The molecule has 4 heteroatoms. The normalized spacial score (nSPS) is 26.9. The van der Waals surface area contributed by atoms with Crippen molar-refractivity contribution in [2.24, 2.45) is 5.92 Å². The maximum Gasteiger partial charge on any atom is 0.239 e. The van der Waals surface area contributed by atoms with E-state index < -0.39 is 0 Å². The van der Waals surface area contributed by atoms with Gasteiger partial charge in [-0.05, 0) is 25.7 Å². The molecule has 0 bridgehead atoms. The van der Waals surface area contributed by atoms with Gasteiger partial charge < -0.3 is 15.4 Å². The van der Waals surface area contributed by atoms with Crippen molar-refractivity contribution in [1.29, 1.82) is 0 Å². The highest BCUT2D eigenvalue weighted by Gasteiger charge is 2.22. The van der Waals surface area contributed by atoms with Crippen LogP contribution in [0, 0.1) is 5.92 Å². The van der Waals surface area contributed by atoms with E-state index in [0.717, 1.165) is 18.9 Å². The molecule has 2 N–H and O–H groups in total. The third kappa shape index (κ3) is 5.11. The van der Waals surface area contributed by atoms with Gasteiger partial charge in [0.05, 0.1) is 13.2 Å². The van der Waals surface area contributed by atoms with Gasteiger partial charge in [0.2, 0.25) is 5.91 Å². The number of nitrogens with one attached hydrogen (secondary N) is 2. The number of morpholine rings is 1. The molecule has 0 aromatic heterocycles. The Kier molecular flexibility index (Phi) is 6.11. The average Bonchev–Trinajstić information content (AvgIpc) is 2.47. The van der Waals surface area contributed by atoms with Gasteiger partial charge >= 0.3 is 0 Å². The largest absolute Gasteiger partial charge is 0.378 e. The monoisotopic (exact) mass is 268 g/mol. The number of hydrogen-bond donors (Lipinski definition) is 2. The van der Waals surface area contributed by atoms with E-state index >= 15 is 0 Å². The minimum absolute atomic E-state index is 0.0934. The fraction of sp³-hybridized carbons (Fsp3) is 0.933. The maximum absolute atomic E-state index is 12.0. The van der Waals surface area contributed by atoms with Crippen LogP contribution in [0.1, 0.15) is 51.9 Å². The Bertz CT molecular complexity index is 271. The molecule has 19 heavy (non-hydrogen) atoms. The van der Waals surface area contributed by atoms with E-state index in [0.29, 0.717) is 13.2 Å². The molecule has 1 aliphatic heterocycles. The highest BCUT2D eigenvalue weighted by atomic mass is 16.5. The Morgan fingerprint density at radius 1 is 1.37 bits per heavy atom. The summed E-state index contributed by atoms with van der Waals surface area (Å²) < 4.78 is 5.32. The fourth-order valence-electron chi connectivity index (χ4n) is 3.11. The zero-order valence-electron chi connectivity index (χ0n) is 12.1. The van der Waals surface area contributed by atoms with Crippen molar-refractivity contribution in [3.05, 3.63) is 0 Å². The minimum Gasteiger partial charge on any atom is -0.378 e. The van der Waals surface area contributed by atoms with Gasteiger partial charge in [-0.25, -0.2) is 0 Å². The molecule has 2 unspecified atom stereocenters. The second kappa shape index (κ2) is 7.85. The predicted octanol–water partition coefficient (Wildman–Crippen LogP) is 1.84. The van der Waals surface area contributed by atoms with Crippen LogP contribution in [-0.2, 0) is 9.53 Å². The quantitative estimate of drug-likeness (QED) is 0.800. The molecule has 110 valence electrons. The van der Waals surface area contributed by atoms with Crippen LogP contribution in [0.25, 0.3) is 0 Å². The molecule has 4 nitrogen and oxygen atoms in total. The zero-order chi connectivity index (χ0) is 13.5. The van der Waals surface area contributed by atoms with Crippen LogP contribution in [-0.4, -0.2) is 37.7 Å². The van der Waals surface area contributed by atoms with E-state index in [4.69, 9.17) is 4.74 Å². The van der Waals surface area contributed by atoms with Gasteiger partial charge in [0.25, 0.3) is 0 Å². The number of carbonyl (C=O) groups excluding carboxylic acids is 1. The first-order chi connectivity index (χ1) is 9.25. The summed E-state index contributed by atoms with van der Waals surface area (Å²) in [6.45, 7) is 4.10. The molecule has 2 atom stereocenters. The van der Waals surface area contributed by atoms with E-state index in [2.05, 4.69) is 17.6 Å². The predicted molar refractivity (Wildman–Crippen MR) is 76.0 cm³/mol. The third-order valence-corrected chi connectivity index (χ3v) is 4.36. The van der Waals surface area contributed by atoms with Gasteiger partial charge in [0.15, 0.2) is 0 Å². The number of amides is 1. The van der Waals surface area contributed by atoms with Gasteiger partial charge in [0, 0.05) is 12.6 Å². The van der Waals surface area contributed by atoms with Crippen LogP contribution >= 0.6 is 0 Å². The summed E-state index contributed by atoms with van der Waals surface area (Å²) in [5.41, 5.74) is 0. The number of rotatable bonds is 5. The van der Waals surface area contributed by atoms with E-state index in [1.807, 2.05) is 0 Å². The molecule has 2 aliphatic rings. The molecule has 0 radical (unpaired) electrons. The first kappa shape index (κ1) is 14.8. The van der Waals surface area contributed by atoms with Crippen molar-refractivity contribution < 1.29 is 9.53 Å². The van der Waals surface area contributed by atoms with Crippen molar-refractivity contribution >= 4 is 5.91 Å². The first-order valence-corrected chi connectivity index (χ1v) is 7.87. The SMILES string of the molecule is CC(CCC1CCCCC1)NC(=O)C1COCCN1. The summed E-state index contributed by atoms with van der Waals surface area (Å²) in [5, 5.41) is 6.30. The lowest BCUT2D eigenvalue weighted by atomic mass is 9.85. The number of hydrogen-bond acceptors (Lipinski definition) is 3. The molecule has 1 heterocycles. The molecule has 2 fully saturated rings. The fourth-order valence-corrected chi connectivity index (χ4v) is 3.11. The molecule has 2 rings (SSSR count). The molecule has 1 aliphatic carbocycles. The highest BCUT2D eigenvalue weighted by molar-refractivity contribution is 5.82. The lowest BCUT2D eigenvalue weighted by Crippen LogP contribution is -2.52. The van der Waals surface area contributed by atoms with Gasteiger partial charge in [0.1, 0.15) is 6.04 Å². The second-order valence-corrected chi connectivity index (χ2v) is 6.07. The lowest BCUT2D eigenvalue weighted by Gasteiger charge is -2.26. The van der Waals surface area contributed by atoms with Crippen molar-refractivity contribution in [1.82, 2.24) is 10.6 Å². The van der Waals surface area contributed by atoms with Crippen LogP contribution in [0.15, 0.2) is 0 Å². The summed E-state index contributed by atoms with van der Waals surface area (Å²) in [6.07, 6.45) is 9.34. The van der Waals surface area contributed by atoms with Crippen molar-refractivity contribution in [3.8, 4) is 0 Å².